The molecule has 0 saturated heterocycles. The van der Waals surface area contributed by atoms with Gasteiger partial charge in [0.15, 0.2) is 11.4 Å². The Kier molecular flexibility index (Phi) is 3.29. The van der Waals surface area contributed by atoms with Gasteiger partial charge >= 0.3 is 6.18 Å². The van der Waals surface area contributed by atoms with Gasteiger partial charge in [-0.2, -0.15) is 18.3 Å². The van der Waals surface area contributed by atoms with Gasteiger partial charge in [0.2, 0.25) is 5.91 Å². The molecule has 124 valence electrons. The first-order chi connectivity index (χ1) is 10.6. The van der Waals surface area contributed by atoms with Crippen LogP contribution in [0.5, 0.6) is 0 Å². The maximum atomic E-state index is 13.4. The summed E-state index contributed by atoms with van der Waals surface area (Å²) in [6.07, 6.45) is -6.13. The molecule has 2 atom stereocenters. The molecule has 9 heteroatoms. The predicted molar refractivity (Wildman–Crippen MR) is 72.7 cm³/mol. The number of anilines is 1. The van der Waals surface area contributed by atoms with Gasteiger partial charge in [-0.1, -0.05) is 0 Å². The van der Waals surface area contributed by atoms with E-state index < -0.39 is 35.6 Å². The van der Waals surface area contributed by atoms with E-state index in [9.17, 15) is 23.1 Å². The lowest BCUT2D eigenvalue weighted by Gasteiger charge is -2.34. The molecule has 0 radical (unpaired) electrons. The number of carbonyl (C=O) groups excluding carboxylic acids is 1. The fourth-order valence-corrected chi connectivity index (χ4v) is 2.75. The second-order valence-electron chi connectivity index (χ2n) is 5.61. The fraction of sp³-hybridized carbons (Fsp3) is 0.429. The second kappa shape index (κ2) is 4.85. The van der Waals surface area contributed by atoms with Crippen molar-refractivity contribution in [2.24, 2.45) is 0 Å². The van der Waals surface area contributed by atoms with Crippen LogP contribution in [0.2, 0.25) is 0 Å². The van der Waals surface area contributed by atoms with Crippen LogP contribution in [0.4, 0.5) is 19.0 Å². The Labute approximate surface area is 128 Å². The first-order valence-electron chi connectivity index (χ1n) is 6.87. The molecule has 0 saturated carbocycles. The lowest BCUT2D eigenvalue weighted by molar-refractivity contribution is -0.267. The van der Waals surface area contributed by atoms with E-state index in [1.807, 2.05) is 0 Å². The highest BCUT2D eigenvalue weighted by Gasteiger charge is 2.61. The number of nitrogens with one attached hydrogen (secondary N) is 2. The minimum absolute atomic E-state index is 0.0502. The number of amides is 1. The third-order valence-electron chi connectivity index (χ3n) is 3.97. The second-order valence-corrected chi connectivity index (χ2v) is 5.61. The molecule has 1 amide bonds. The first kappa shape index (κ1) is 15.6. The number of aliphatic hydroxyl groups is 1. The normalized spacial score (nSPS) is 22.6. The summed E-state index contributed by atoms with van der Waals surface area (Å²) in [6.45, 7) is 3.34. The standard InChI is InChI=1S/C14H14F3N3O3/c1-6-3-4-8(23-6)7(2)11-10-12(20-19-11)18-9(21)5-13(10,22)14(15,16)17/h3-4,7,22H,5H2,1-2H3,(H2,18,19,20,21). The van der Waals surface area contributed by atoms with Gasteiger partial charge in [-0.05, 0) is 26.0 Å². The van der Waals surface area contributed by atoms with Crippen LogP contribution < -0.4 is 5.32 Å². The van der Waals surface area contributed by atoms with Gasteiger partial charge in [0, 0.05) is 0 Å². The van der Waals surface area contributed by atoms with Crippen molar-refractivity contribution in [3.8, 4) is 0 Å². The number of carbonyl (C=O) groups is 1. The SMILES string of the molecule is Cc1ccc(C(C)c2[nH]nc3c2C(O)(C(F)(F)F)CC(=O)N3)o1. The monoisotopic (exact) mass is 329 g/mol. The first-order valence-corrected chi connectivity index (χ1v) is 6.87. The van der Waals surface area contributed by atoms with E-state index in [2.05, 4.69) is 15.5 Å². The van der Waals surface area contributed by atoms with Crippen LogP contribution in [-0.4, -0.2) is 27.4 Å². The number of nitrogens with zero attached hydrogens (tertiary/aromatic N) is 1. The Morgan fingerprint density at radius 2 is 2.13 bits per heavy atom. The van der Waals surface area contributed by atoms with E-state index >= 15 is 0 Å². The number of rotatable bonds is 2. The largest absolute Gasteiger partial charge is 0.466 e. The Bertz CT molecular complexity index is 765. The number of aromatic amines is 1. The van der Waals surface area contributed by atoms with Crippen molar-refractivity contribution in [3.05, 3.63) is 34.9 Å². The van der Waals surface area contributed by atoms with Crippen molar-refractivity contribution >= 4 is 11.7 Å². The predicted octanol–water partition coefficient (Wildman–Crippen LogP) is 2.56. The summed E-state index contributed by atoms with van der Waals surface area (Å²) in [6, 6.07) is 3.33. The molecule has 2 aromatic rings. The number of halogens is 3. The third-order valence-corrected chi connectivity index (χ3v) is 3.97. The number of alkyl halides is 3. The third kappa shape index (κ3) is 2.31. The Morgan fingerprint density at radius 1 is 1.43 bits per heavy atom. The van der Waals surface area contributed by atoms with Gasteiger partial charge < -0.3 is 14.8 Å². The average molecular weight is 329 g/mol. The van der Waals surface area contributed by atoms with Gasteiger partial charge in [0.25, 0.3) is 0 Å². The van der Waals surface area contributed by atoms with E-state index in [0.717, 1.165) is 0 Å². The van der Waals surface area contributed by atoms with Crippen LogP contribution in [0, 0.1) is 6.92 Å². The number of furan rings is 1. The highest BCUT2D eigenvalue weighted by atomic mass is 19.4. The van der Waals surface area contributed by atoms with Crippen molar-refractivity contribution in [3.63, 3.8) is 0 Å². The zero-order valence-electron chi connectivity index (χ0n) is 12.3. The van der Waals surface area contributed by atoms with Crippen LogP contribution in [0.1, 0.15) is 42.0 Å². The fourth-order valence-electron chi connectivity index (χ4n) is 2.75. The number of fused-ring (bicyclic) bond motifs is 1. The quantitative estimate of drug-likeness (QED) is 0.790. The van der Waals surface area contributed by atoms with Crippen molar-refractivity contribution in [1.82, 2.24) is 10.2 Å². The van der Waals surface area contributed by atoms with Crippen molar-refractivity contribution < 1.29 is 27.5 Å². The minimum atomic E-state index is -5.02. The molecule has 2 aromatic heterocycles. The summed E-state index contributed by atoms with van der Waals surface area (Å²) in [7, 11) is 0. The molecule has 2 unspecified atom stereocenters. The van der Waals surface area contributed by atoms with E-state index in [1.165, 1.54) is 0 Å². The molecule has 3 rings (SSSR count). The molecule has 0 spiro atoms. The van der Waals surface area contributed by atoms with Gasteiger partial charge in [0.1, 0.15) is 11.5 Å². The van der Waals surface area contributed by atoms with Crippen LogP contribution in [0.25, 0.3) is 0 Å². The number of hydrogen-bond acceptors (Lipinski definition) is 4. The smallest absolute Gasteiger partial charge is 0.422 e. The van der Waals surface area contributed by atoms with E-state index in [1.54, 1.807) is 26.0 Å². The highest BCUT2D eigenvalue weighted by molar-refractivity contribution is 5.94. The lowest BCUT2D eigenvalue weighted by atomic mass is 9.83. The number of aryl methyl sites for hydroxylation is 1. The molecule has 3 N–H and O–H groups in total. The van der Waals surface area contributed by atoms with Crippen LogP contribution in [0.15, 0.2) is 16.5 Å². The highest BCUT2D eigenvalue weighted by Crippen LogP contribution is 2.49. The van der Waals surface area contributed by atoms with Crippen molar-refractivity contribution in [2.75, 3.05) is 5.32 Å². The summed E-state index contributed by atoms with van der Waals surface area (Å²) in [5.74, 6) is -0.832. The lowest BCUT2D eigenvalue weighted by Crippen LogP contribution is -2.48. The molecular formula is C14H14F3N3O3. The zero-order chi connectivity index (χ0) is 17.0. The van der Waals surface area contributed by atoms with Crippen LogP contribution >= 0.6 is 0 Å². The van der Waals surface area contributed by atoms with Gasteiger partial charge in [-0.25, -0.2) is 0 Å². The van der Waals surface area contributed by atoms with E-state index in [-0.39, 0.29) is 11.5 Å². The van der Waals surface area contributed by atoms with Gasteiger partial charge in [0.05, 0.1) is 23.6 Å². The molecule has 6 nitrogen and oxygen atoms in total. The molecule has 0 fully saturated rings. The van der Waals surface area contributed by atoms with Crippen molar-refractivity contribution in [2.45, 2.75) is 38.0 Å². The van der Waals surface area contributed by atoms with Gasteiger partial charge in [-0.3, -0.25) is 9.89 Å². The molecule has 1 aliphatic heterocycles. The molecule has 1 aliphatic rings. The molecule has 0 bridgehead atoms. The molecule has 0 aliphatic carbocycles. The maximum absolute atomic E-state index is 13.4. The molecule has 3 heterocycles. The summed E-state index contributed by atoms with van der Waals surface area (Å²) < 4.78 is 45.7. The summed E-state index contributed by atoms with van der Waals surface area (Å²) in [4.78, 5) is 11.5. The summed E-state index contributed by atoms with van der Waals surface area (Å²) in [5.41, 5.74) is -3.71. The maximum Gasteiger partial charge on any atom is 0.422 e. The Morgan fingerprint density at radius 3 is 2.70 bits per heavy atom. The van der Waals surface area contributed by atoms with Gasteiger partial charge in [-0.15, -0.1) is 0 Å². The Balaban J connectivity index is 2.15. The topological polar surface area (TPSA) is 91.1 Å². The average Bonchev–Trinajstić information content (AvgIpc) is 3.03. The number of hydrogen-bond donors (Lipinski definition) is 3. The zero-order valence-corrected chi connectivity index (χ0v) is 12.3. The van der Waals surface area contributed by atoms with Crippen LogP contribution in [0.3, 0.4) is 0 Å². The number of H-pyrrole nitrogens is 1. The Hall–Kier alpha value is -2.29. The van der Waals surface area contributed by atoms with E-state index in [0.29, 0.717) is 11.5 Å². The summed E-state index contributed by atoms with van der Waals surface area (Å²) in [5, 5.41) is 18.7. The summed E-state index contributed by atoms with van der Waals surface area (Å²) >= 11 is 0. The van der Waals surface area contributed by atoms with E-state index in [4.69, 9.17) is 4.42 Å². The van der Waals surface area contributed by atoms with Crippen molar-refractivity contribution in [1.29, 1.82) is 0 Å². The molecule has 0 aromatic carbocycles. The minimum Gasteiger partial charge on any atom is -0.466 e. The molecular weight excluding hydrogens is 315 g/mol. The molecule has 23 heavy (non-hydrogen) atoms. The van der Waals surface area contributed by atoms with Crippen LogP contribution in [-0.2, 0) is 10.4 Å². The number of aromatic nitrogens is 2.